The number of hydrogen-bond donors (Lipinski definition) is 2. The Balaban J connectivity index is 1.71. The molecule has 0 aliphatic heterocycles. The molecule has 2 amide bonds. The molecule has 3 rings (SSSR count). The number of aromatic nitrogens is 1. The molecular weight excluding hydrogens is 402 g/mol. The highest BCUT2D eigenvalue weighted by Gasteiger charge is 2.19. The molecule has 0 bridgehead atoms. The zero-order valence-corrected chi connectivity index (χ0v) is 18.9. The molecule has 0 saturated carbocycles. The summed E-state index contributed by atoms with van der Waals surface area (Å²) >= 11 is 2.97. The van der Waals surface area contributed by atoms with Gasteiger partial charge in [-0.15, -0.1) is 11.3 Å². The summed E-state index contributed by atoms with van der Waals surface area (Å²) in [5.41, 5.74) is 5.83. The number of nitrogens with one attached hydrogen (secondary N) is 2. The van der Waals surface area contributed by atoms with Gasteiger partial charge in [-0.05, 0) is 57.0 Å². The quantitative estimate of drug-likeness (QED) is 0.496. The predicted octanol–water partition coefficient (Wildman–Crippen LogP) is 5.69. The number of aryl methyl sites for hydroxylation is 3. The van der Waals surface area contributed by atoms with E-state index in [1.165, 1.54) is 28.7 Å². The van der Waals surface area contributed by atoms with Crippen molar-refractivity contribution in [1.82, 2.24) is 4.98 Å². The van der Waals surface area contributed by atoms with Crippen LogP contribution < -0.4 is 10.6 Å². The fourth-order valence-corrected chi connectivity index (χ4v) is 5.34. The van der Waals surface area contributed by atoms with Crippen LogP contribution in [0.3, 0.4) is 0 Å². The summed E-state index contributed by atoms with van der Waals surface area (Å²) in [5, 5.41) is 5.65. The van der Waals surface area contributed by atoms with Crippen molar-refractivity contribution in [2.24, 2.45) is 0 Å². The van der Waals surface area contributed by atoms with Crippen molar-refractivity contribution < 1.29 is 9.59 Å². The van der Waals surface area contributed by atoms with E-state index in [1.54, 1.807) is 0 Å². The average Bonchev–Trinajstić information content (AvgIpc) is 3.05. The zero-order chi connectivity index (χ0) is 21.1. The Morgan fingerprint density at radius 2 is 1.79 bits per heavy atom. The van der Waals surface area contributed by atoms with Crippen molar-refractivity contribution in [1.29, 1.82) is 0 Å². The Morgan fingerprint density at radius 1 is 1.10 bits per heavy atom. The number of benzene rings is 2. The van der Waals surface area contributed by atoms with Gasteiger partial charge in [0, 0.05) is 17.8 Å². The van der Waals surface area contributed by atoms with Gasteiger partial charge in [0.2, 0.25) is 11.8 Å². The molecule has 7 heteroatoms. The summed E-state index contributed by atoms with van der Waals surface area (Å²) < 4.78 is 1.82. The number of fused-ring (bicyclic) bond motifs is 1. The van der Waals surface area contributed by atoms with E-state index in [0.29, 0.717) is 6.42 Å². The zero-order valence-electron chi connectivity index (χ0n) is 17.3. The van der Waals surface area contributed by atoms with Crippen LogP contribution in [0.2, 0.25) is 0 Å². The van der Waals surface area contributed by atoms with E-state index < -0.39 is 0 Å². The summed E-state index contributed by atoms with van der Waals surface area (Å²) in [6.07, 6.45) is 0.439. The monoisotopic (exact) mass is 427 g/mol. The molecule has 0 unspecified atom stereocenters. The lowest BCUT2D eigenvalue weighted by Gasteiger charge is -2.15. The molecule has 5 nitrogen and oxygen atoms in total. The SMILES string of the molecule is CCC(=O)Nc1ccc2nc(S[C@H](C)C(=O)Nc3c(C)cc(C)cc3C)sc2c1. The van der Waals surface area contributed by atoms with E-state index in [9.17, 15) is 9.59 Å². The minimum absolute atomic E-state index is 0.0181. The molecule has 0 radical (unpaired) electrons. The highest BCUT2D eigenvalue weighted by Crippen LogP contribution is 2.34. The van der Waals surface area contributed by atoms with Crippen LogP contribution in [-0.4, -0.2) is 22.0 Å². The number of hydrogen-bond acceptors (Lipinski definition) is 5. The molecular formula is C22H25N3O2S2. The maximum absolute atomic E-state index is 12.7. The largest absolute Gasteiger partial charge is 0.326 e. The number of anilines is 2. The lowest BCUT2D eigenvalue weighted by atomic mass is 10.1. The summed E-state index contributed by atoms with van der Waals surface area (Å²) in [6.45, 7) is 9.78. The van der Waals surface area contributed by atoms with Crippen LogP contribution in [0, 0.1) is 20.8 Å². The summed E-state index contributed by atoms with van der Waals surface area (Å²) in [5.74, 6) is -0.0596. The number of rotatable bonds is 6. The Morgan fingerprint density at radius 3 is 2.45 bits per heavy atom. The standard InChI is InChI=1S/C22H25N3O2S2/c1-6-19(26)23-16-7-8-17-18(11-16)29-22(24-17)28-15(5)21(27)25-20-13(3)9-12(2)10-14(20)4/h7-11,15H,6H2,1-5H3,(H,23,26)(H,25,27)/t15-/m1/s1. The molecule has 0 saturated heterocycles. The van der Waals surface area contributed by atoms with Gasteiger partial charge in [0.15, 0.2) is 4.34 Å². The molecule has 152 valence electrons. The number of nitrogens with zero attached hydrogens (tertiary/aromatic N) is 1. The molecule has 3 aromatic rings. The third-order valence-electron chi connectivity index (χ3n) is 4.55. The molecule has 1 aromatic heterocycles. The Labute approximate surface area is 179 Å². The van der Waals surface area contributed by atoms with E-state index in [4.69, 9.17) is 0 Å². The highest BCUT2D eigenvalue weighted by molar-refractivity contribution is 8.02. The molecule has 0 spiro atoms. The number of carbonyl (C=O) groups excluding carboxylic acids is 2. The smallest absolute Gasteiger partial charge is 0.237 e. The molecule has 0 aliphatic carbocycles. The van der Waals surface area contributed by atoms with E-state index >= 15 is 0 Å². The normalized spacial score (nSPS) is 12.0. The van der Waals surface area contributed by atoms with Crippen LogP contribution in [0.1, 0.15) is 37.0 Å². The lowest BCUT2D eigenvalue weighted by molar-refractivity contribution is -0.116. The maximum Gasteiger partial charge on any atom is 0.237 e. The van der Waals surface area contributed by atoms with Gasteiger partial charge in [-0.25, -0.2) is 4.98 Å². The van der Waals surface area contributed by atoms with Gasteiger partial charge in [-0.3, -0.25) is 9.59 Å². The fourth-order valence-electron chi connectivity index (χ4n) is 3.09. The second-order valence-electron chi connectivity index (χ2n) is 7.09. The van der Waals surface area contributed by atoms with Crippen molar-refractivity contribution in [3.05, 3.63) is 47.0 Å². The van der Waals surface area contributed by atoms with Crippen LogP contribution in [0.15, 0.2) is 34.7 Å². The Hall–Kier alpha value is -2.38. The summed E-state index contributed by atoms with van der Waals surface area (Å²) in [7, 11) is 0. The van der Waals surface area contributed by atoms with Gasteiger partial charge in [-0.2, -0.15) is 0 Å². The Kier molecular flexibility index (Phi) is 6.59. The Bertz CT molecular complexity index is 1050. The van der Waals surface area contributed by atoms with E-state index in [0.717, 1.165) is 37.1 Å². The molecule has 2 N–H and O–H groups in total. The summed E-state index contributed by atoms with van der Waals surface area (Å²) in [6, 6.07) is 9.81. The molecule has 0 fully saturated rings. The minimum atomic E-state index is -0.282. The third kappa shape index (κ3) is 5.16. The predicted molar refractivity (Wildman–Crippen MR) is 123 cm³/mol. The van der Waals surface area contributed by atoms with Crippen molar-refractivity contribution in [3.63, 3.8) is 0 Å². The molecule has 2 aromatic carbocycles. The number of carbonyl (C=O) groups is 2. The molecule has 0 aliphatic rings. The van der Waals surface area contributed by atoms with Gasteiger partial charge in [0.05, 0.1) is 15.5 Å². The van der Waals surface area contributed by atoms with E-state index in [1.807, 2.05) is 45.9 Å². The van der Waals surface area contributed by atoms with Gasteiger partial charge in [0.25, 0.3) is 0 Å². The number of thiazole rings is 1. The summed E-state index contributed by atoms with van der Waals surface area (Å²) in [4.78, 5) is 28.9. The minimum Gasteiger partial charge on any atom is -0.326 e. The highest BCUT2D eigenvalue weighted by atomic mass is 32.2. The second kappa shape index (κ2) is 8.97. The molecule has 29 heavy (non-hydrogen) atoms. The van der Waals surface area contributed by atoms with E-state index in [-0.39, 0.29) is 17.1 Å². The van der Waals surface area contributed by atoms with Crippen LogP contribution >= 0.6 is 23.1 Å². The van der Waals surface area contributed by atoms with Crippen LogP contribution in [0.5, 0.6) is 0 Å². The van der Waals surface area contributed by atoms with Crippen molar-refractivity contribution in [2.45, 2.75) is 50.6 Å². The van der Waals surface area contributed by atoms with Crippen LogP contribution in [-0.2, 0) is 9.59 Å². The first-order chi connectivity index (χ1) is 13.8. The number of amides is 2. The van der Waals surface area contributed by atoms with Crippen molar-refractivity contribution >= 4 is 56.5 Å². The van der Waals surface area contributed by atoms with Crippen molar-refractivity contribution in [3.8, 4) is 0 Å². The van der Waals surface area contributed by atoms with Gasteiger partial charge >= 0.3 is 0 Å². The van der Waals surface area contributed by atoms with Crippen LogP contribution in [0.4, 0.5) is 11.4 Å². The topological polar surface area (TPSA) is 71.1 Å². The second-order valence-corrected chi connectivity index (χ2v) is 9.71. The van der Waals surface area contributed by atoms with Crippen molar-refractivity contribution in [2.75, 3.05) is 10.6 Å². The first-order valence-electron chi connectivity index (χ1n) is 9.52. The fraction of sp³-hybridized carbons (Fsp3) is 0.318. The van der Waals surface area contributed by atoms with Gasteiger partial charge in [-0.1, -0.05) is 36.4 Å². The van der Waals surface area contributed by atoms with Crippen LogP contribution in [0.25, 0.3) is 10.2 Å². The van der Waals surface area contributed by atoms with Gasteiger partial charge < -0.3 is 10.6 Å². The first kappa shape index (κ1) is 21.3. The van der Waals surface area contributed by atoms with Gasteiger partial charge in [0.1, 0.15) is 0 Å². The first-order valence-corrected chi connectivity index (χ1v) is 11.2. The van der Waals surface area contributed by atoms with E-state index in [2.05, 4.69) is 34.7 Å². The lowest BCUT2D eigenvalue weighted by Crippen LogP contribution is -2.23. The maximum atomic E-state index is 12.7. The number of thioether (sulfide) groups is 1. The molecule has 1 atom stereocenters. The average molecular weight is 428 g/mol. The third-order valence-corrected chi connectivity index (χ3v) is 6.76. The molecule has 1 heterocycles.